The van der Waals surface area contributed by atoms with Crippen LogP contribution < -0.4 is 0 Å². The van der Waals surface area contributed by atoms with Gasteiger partial charge in [0, 0.05) is 24.7 Å². The van der Waals surface area contributed by atoms with Crippen LogP contribution in [0.25, 0.3) is 6.08 Å². The highest BCUT2D eigenvalue weighted by molar-refractivity contribution is 5.97. The molecule has 0 bridgehead atoms. The Morgan fingerprint density at radius 3 is 2.86 bits per heavy atom. The minimum atomic E-state index is -1.01. The molecule has 1 aliphatic rings. The fourth-order valence-electron chi connectivity index (χ4n) is 2.40. The van der Waals surface area contributed by atoms with Gasteiger partial charge >= 0.3 is 5.97 Å². The molecule has 2 rings (SSSR count). The number of aliphatic carboxylic acids is 1. The Hall–Kier alpha value is -2.14. The second kappa shape index (κ2) is 6.54. The topological polar surface area (TPSA) is 66.8 Å². The lowest BCUT2D eigenvalue weighted by Gasteiger charge is -2.31. The Bertz CT molecular complexity index is 580. The first kappa shape index (κ1) is 15.3. The third kappa shape index (κ3) is 3.70. The monoisotopic (exact) mass is 289 g/mol. The zero-order valence-electron chi connectivity index (χ0n) is 12.2. The molecular formula is C16H19NO4. The number of carboxylic acids is 1. The summed E-state index contributed by atoms with van der Waals surface area (Å²) >= 11 is 0. The minimum Gasteiger partial charge on any atom is -0.478 e. The normalized spacial score (nSPS) is 19.0. The molecule has 5 heteroatoms. The van der Waals surface area contributed by atoms with Gasteiger partial charge in [-0.2, -0.15) is 0 Å². The third-order valence-corrected chi connectivity index (χ3v) is 3.54. The lowest BCUT2D eigenvalue weighted by Crippen LogP contribution is -2.44. The van der Waals surface area contributed by atoms with E-state index in [0.717, 1.165) is 17.2 Å². The highest BCUT2D eigenvalue weighted by Gasteiger charge is 2.23. The summed E-state index contributed by atoms with van der Waals surface area (Å²) in [5, 5.41) is 8.70. The predicted molar refractivity (Wildman–Crippen MR) is 79.2 cm³/mol. The Morgan fingerprint density at radius 2 is 2.19 bits per heavy atom. The maximum absolute atomic E-state index is 12.6. The van der Waals surface area contributed by atoms with Crippen LogP contribution in [0, 0.1) is 6.92 Å². The first-order valence-electron chi connectivity index (χ1n) is 6.90. The van der Waals surface area contributed by atoms with Gasteiger partial charge in [-0.05, 0) is 37.1 Å². The number of rotatable bonds is 3. The number of ether oxygens (including phenoxy) is 1. The van der Waals surface area contributed by atoms with Crippen molar-refractivity contribution in [1.82, 2.24) is 4.90 Å². The summed E-state index contributed by atoms with van der Waals surface area (Å²) in [6, 6.07) is 5.34. The Kier molecular flexibility index (Phi) is 4.75. The van der Waals surface area contributed by atoms with Crippen molar-refractivity contribution < 1.29 is 19.4 Å². The third-order valence-electron chi connectivity index (χ3n) is 3.54. The maximum atomic E-state index is 12.6. The molecule has 0 saturated carbocycles. The molecule has 1 aromatic carbocycles. The van der Waals surface area contributed by atoms with Crippen molar-refractivity contribution in [3.8, 4) is 0 Å². The van der Waals surface area contributed by atoms with Crippen molar-refractivity contribution in [2.75, 3.05) is 19.7 Å². The summed E-state index contributed by atoms with van der Waals surface area (Å²) in [6.07, 6.45) is 2.63. The summed E-state index contributed by atoms with van der Waals surface area (Å²) in [6.45, 7) is 5.48. The van der Waals surface area contributed by atoms with Gasteiger partial charge in [-0.25, -0.2) is 4.79 Å². The van der Waals surface area contributed by atoms with Crippen molar-refractivity contribution in [1.29, 1.82) is 0 Å². The van der Waals surface area contributed by atoms with Gasteiger partial charge in [0.1, 0.15) is 0 Å². The quantitative estimate of drug-likeness (QED) is 0.864. The van der Waals surface area contributed by atoms with Gasteiger partial charge in [0.05, 0.1) is 12.7 Å². The van der Waals surface area contributed by atoms with Crippen molar-refractivity contribution >= 4 is 18.0 Å². The number of hydrogen-bond acceptors (Lipinski definition) is 3. The van der Waals surface area contributed by atoms with Crippen molar-refractivity contribution in [3.05, 3.63) is 41.0 Å². The summed E-state index contributed by atoms with van der Waals surface area (Å²) in [5.41, 5.74) is 2.14. The van der Waals surface area contributed by atoms with Gasteiger partial charge in [-0.3, -0.25) is 4.79 Å². The Morgan fingerprint density at radius 1 is 1.43 bits per heavy atom. The number of carboxylic acid groups (broad SMARTS) is 1. The van der Waals surface area contributed by atoms with Crippen molar-refractivity contribution in [2.24, 2.45) is 0 Å². The van der Waals surface area contributed by atoms with E-state index in [0.29, 0.717) is 25.3 Å². The summed E-state index contributed by atoms with van der Waals surface area (Å²) in [5.74, 6) is -1.04. The smallest absolute Gasteiger partial charge is 0.328 e. The van der Waals surface area contributed by atoms with E-state index < -0.39 is 5.97 Å². The van der Waals surface area contributed by atoms with Crippen LogP contribution in [0.2, 0.25) is 0 Å². The highest BCUT2D eigenvalue weighted by atomic mass is 16.5. The van der Waals surface area contributed by atoms with Crippen LogP contribution >= 0.6 is 0 Å². The van der Waals surface area contributed by atoms with Gasteiger partial charge in [0.15, 0.2) is 0 Å². The number of carbonyl (C=O) groups is 2. The molecule has 1 amide bonds. The van der Waals surface area contributed by atoms with E-state index in [9.17, 15) is 9.59 Å². The lowest BCUT2D eigenvalue weighted by molar-refractivity contribution is -0.131. The van der Waals surface area contributed by atoms with Crippen molar-refractivity contribution in [2.45, 2.75) is 20.0 Å². The molecule has 1 unspecified atom stereocenters. The van der Waals surface area contributed by atoms with Gasteiger partial charge < -0.3 is 14.7 Å². The SMILES string of the molecule is Cc1c(C=CC(=O)O)cccc1C(=O)N1CCOC(C)C1. The predicted octanol–water partition coefficient (Wildman–Crippen LogP) is 1.95. The zero-order chi connectivity index (χ0) is 15.4. The van der Waals surface area contributed by atoms with E-state index in [-0.39, 0.29) is 12.0 Å². The summed E-state index contributed by atoms with van der Waals surface area (Å²) in [7, 11) is 0. The largest absolute Gasteiger partial charge is 0.478 e. The molecule has 0 spiro atoms. The first-order valence-corrected chi connectivity index (χ1v) is 6.90. The van der Waals surface area contributed by atoms with Gasteiger partial charge in [0.2, 0.25) is 0 Å². The second-order valence-electron chi connectivity index (χ2n) is 5.12. The first-order chi connectivity index (χ1) is 9.99. The fourth-order valence-corrected chi connectivity index (χ4v) is 2.40. The van der Waals surface area contributed by atoms with E-state index >= 15 is 0 Å². The summed E-state index contributed by atoms with van der Waals surface area (Å²) in [4.78, 5) is 25.0. The van der Waals surface area contributed by atoms with Crippen LogP contribution in [-0.4, -0.2) is 47.7 Å². The van der Waals surface area contributed by atoms with Gasteiger partial charge in [0.25, 0.3) is 5.91 Å². The Labute approximate surface area is 123 Å². The van der Waals surface area contributed by atoms with Gasteiger partial charge in [-0.1, -0.05) is 12.1 Å². The molecule has 1 aliphatic heterocycles. The van der Waals surface area contributed by atoms with Crippen LogP contribution in [0.15, 0.2) is 24.3 Å². The molecule has 1 atom stereocenters. The average molecular weight is 289 g/mol. The van der Waals surface area contributed by atoms with E-state index in [1.54, 1.807) is 23.1 Å². The number of nitrogens with zero attached hydrogens (tertiary/aromatic N) is 1. The fraction of sp³-hybridized carbons (Fsp3) is 0.375. The van der Waals surface area contributed by atoms with E-state index in [1.807, 2.05) is 13.8 Å². The molecule has 1 heterocycles. The number of amides is 1. The summed E-state index contributed by atoms with van der Waals surface area (Å²) < 4.78 is 5.44. The number of benzene rings is 1. The van der Waals surface area contributed by atoms with Crippen LogP contribution in [0.1, 0.15) is 28.4 Å². The molecule has 21 heavy (non-hydrogen) atoms. The van der Waals surface area contributed by atoms with Crippen LogP contribution in [0.5, 0.6) is 0 Å². The Balaban J connectivity index is 2.25. The molecule has 112 valence electrons. The number of hydrogen-bond donors (Lipinski definition) is 1. The van der Waals surface area contributed by atoms with Crippen LogP contribution in [-0.2, 0) is 9.53 Å². The average Bonchev–Trinajstić information content (AvgIpc) is 2.45. The van der Waals surface area contributed by atoms with Crippen LogP contribution in [0.4, 0.5) is 0 Å². The standard InChI is InChI=1S/C16H19NO4/c1-11-10-17(8-9-21-11)16(20)14-5-3-4-13(12(14)2)6-7-15(18)19/h3-7,11H,8-10H2,1-2H3,(H,18,19). The van der Waals surface area contributed by atoms with E-state index in [4.69, 9.17) is 9.84 Å². The highest BCUT2D eigenvalue weighted by Crippen LogP contribution is 2.18. The molecule has 1 N–H and O–H groups in total. The molecular weight excluding hydrogens is 270 g/mol. The second-order valence-corrected chi connectivity index (χ2v) is 5.12. The molecule has 0 radical (unpaired) electrons. The van der Waals surface area contributed by atoms with E-state index in [1.165, 1.54) is 6.08 Å². The van der Waals surface area contributed by atoms with Crippen molar-refractivity contribution in [3.63, 3.8) is 0 Å². The molecule has 1 fully saturated rings. The molecule has 5 nitrogen and oxygen atoms in total. The molecule has 0 aliphatic carbocycles. The van der Waals surface area contributed by atoms with E-state index in [2.05, 4.69) is 0 Å². The number of morpholine rings is 1. The molecule has 1 aromatic rings. The number of carbonyl (C=O) groups excluding carboxylic acids is 1. The molecule has 0 aromatic heterocycles. The zero-order valence-corrected chi connectivity index (χ0v) is 12.2. The van der Waals surface area contributed by atoms with Crippen LogP contribution in [0.3, 0.4) is 0 Å². The minimum absolute atomic E-state index is 0.0341. The molecule has 1 saturated heterocycles. The van der Waals surface area contributed by atoms with Gasteiger partial charge in [-0.15, -0.1) is 0 Å². The lowest BCUT2D eigenvalue weighted by atomic mass is 10.0. The maximum Gasteiger partial charge on any atom is 0.328 e.